The van der Waals surface area contributed by atoms with E-state index in [9.17, 15) is 0 Å². The molecule has 3 saturated carbocycles. The highest BCUT2D eigenvalue weighted by atomic mass is 14.4. The molecule has 0 saturated heterocycles. The van der Waals surface area contributed by atoms with Crippen LogP contribution in [0, 0.1) is 23.7 Å². The van der Waals surface area contributed by atoms with Crippen molar-refractivity contribution in [3.8, 4) is 0 Å². The Morgan fingerprint density at radius 2 is 0.957 bits per heavy atom. The zero-order chi connectivity index (χ0) is 15.7. The van der Waals surface area contributed by atoms with E-state index in [0.717, 1.165) is 23.7 Å². The van der Waals surface area contributed by atoms with Crippen molar-refractivity contribution in [2.45, 2.75) is 122 Å². The van der Waals surface area contributed by atoms with E-state index in [1.807, 2.05) is 0 Å². The summed E-state index contributed by atoms with van der Waals surface area (Å²) >= 11 is 0. The average Bonchev–Trinajstić information content (AvgIpc) is 2.73. The third-order valence-corrected chi connectivity index (χ3v) is 7.64. The first-order chi connectivity index (χ1) is 11.4. The second-order valence-corrected chi connectivity index (χ2v) is 9.25. The molecular formula is C23H42. The fourth-order valence-corrected chi connectivity index (χ4v) is 6.23. The first-order valence-electron chi connectivity index (χ1n) is 11.4. The first kappa shape index (κ1) is 17.8. The van der Waals surface area contributed by atoms with Gasteiger partial charge in [-0.1, -0.05) is 109 Å². The molecular weight excluding hydrogens is 276 g/mol. The highest BCUT2D eigenvalue weighted by molar-refractivity contribution is 4.82. The molecule has 0 heteroatoms. The molecule has 3 fully saturated rings. The van der Waals surface area contributed by atoms with Gasteiger partial charge in [-0.25, -0.2) is 0 Å². The van der Waals surface area contributed by atoms with E-state index < -0.39 is 0 Å². The fourth-order valence-electron chi connectivity index (χ4n) is 6.23. The van der Waals surface area contributed by atoms with E-state index in [1.165, 1.54) is 57.8 Å². The lowest BCUT2D eigenvalue weighted by Crippen LogP contribution is -2.26. The van der Waals surface area contributed by atoms with Gasteiger partial charge in [-0.3, -0.25) is 0 Å². The lowest BCUT2D eigenvalue weighted by molar-refractivity contribution is 0.140. The largest absolute Gasteiger partial charge is 0.0533 e. The van der Waals surface area contributed by atoms with E-state index in [2.05, 4.69) is 0 Å². The molecule has 2 atom stereocenters. The summed E-state index contributed by atoms with van der Waals surface area (Å²) in [5.74, 6) is 4.41. The van der Waals surface area contributed by atoms with Crippen LogP contribution in [-0.2, 0) is 0 Å². The first-order valence-corrected chi connectivity index (χ1v) is 11.4. The predicted molar refractivity (Wildman–Crippen MR) is 102 cm³/mol. The molecule has 23 heavy (non-hydrogen) atoms. The topological polar surface area (TPSA) is 0 Å². The molecule has 134 valence electrons. The van der Waals surface area contributed by atoms with Gasteiger partial charge < -0.3 is 0 Å². The van der Waals surface area contributed by atoms with Crippen molar-refractivity contribution in [1.82, 2.24) is 0 Å². The maximum Gasteiger partial charge on any atom is -0.0357 e. The van der Waals surface area contributed by atoms with E-state index >= 15 is 0 Å². The summed E-state index contributed by atoms with van der Waals surface area (Å²) < 4.78 is 0. The molecule has 0 aliphatic heterocycles. The van der Waals surface area contributed by atoms with Crippen LogP contribution in [0.25, 0.3) is 0 Å². The Kier molecular flexibility index (Phi) is 7.82. The van der Waals surface area contributed by atoms with Gasteiger partial charge >= 0.3 is 0 Å². The van der Waals surface area contributed by atoms with Crippen molar-refractivity contribution in [3.63, 3.8) is 0 Å². The predicted octanol–water partition coefficient (Wildman–Crippen LogP) is 7.90. The zero-order valence-electron chi connectivity index (χ0n) is 15.7. The van der Waals surface area contributed by atoms with Crippen LogP contribution in [0.5, 0.6) is 0 Å². The molecule has 3 rings (SSSR count). The highest BCUT2D eigenvalue weighted by Crippen LogP contribution is 2.42. The summed E-state index contributed by atoms with van der Waals surface area (Å²) in [6.45, 7) is 0. The minimum absolute atomic E-state index is 1.10. The normalized spacial score (nSPS) is 32.9. The van der Waals surface area contributed by atoms with Gasteiger partial charge in [0.1, 0.15) is 0 Å². The fraction of sp³-hybridized carbons (Fsp3) is 1.00. The lowest BCUT2D eigenvalue weighted by Gasteiger charge is -2.37. The van der Waals surface area contributed by atoms with E-state index in [0.29, 0.717) is 0 Å². The molecule has 0 spiro atoms. The Morgan fingerprint density at radius 1 is 0.435 bits per heavy atom. The molecule has 0 aromatic carbocycles. The van der Waals surface area contributed by atoms with Crippen molar-refractivity contribution in [1.29, 1.82) is 0 Å². The van der Waals surface area contributed by atoms with Crippen LogP contribution < -0.4 is 0 Å². The Balaban J connectivity index is 1.57. The summed E-state index contributed by atoms with van der Waals surface area (Å²) in [7, 11) is 0. The third-order valence-electron chi connectivity index (χ3n) is 7.64. The number of hydrogen-bond donors (Lipinski definition) is 0. The lowest BCUT2D eigenvalue weighted by atomic mass is 9.69. The molecule has 2 unspecified atom stereocenters. The van der Waals surface area contributed by atoms with Gasteiger partial charge in [0.25, 0.3) is 0 Å². The van der Waals surface area contributed by atoms with Crippen molar-refractivity contribution >= 4 is 0 Å². The van der Waals surface area contributed by atoms with Gasteiger partial charge in [-0.15, -0.1) is 0 Å². The van der Waals surface area contributed by atoms with Gasteiger partial charge in [0.15, 0.2) is 0 Å². The molecule has 0 heterocycles. The molecule has 0 nitrogen and oxygen atoms in total. The molecule has 0 aromatic heterocycles. The number of hydrogen-bond acceptors (Lipinski definition) is 0. The van der Waals surface area contributed by atoms with Gasteiger partial charge in [-0.2, -0.15) is 0 Å². The van der Waals surface area contributed by atoms with Crippen LogP contribution in [-0.4, -0.2) is 0 Å². The summed E-state index contributed by atoms with van der Waals surface area (Å²) in [5.41, 5.74) is 0. The summed E-state index contributed by atoms with van der Waals surface area (Å²) in [6.07, 6.45) is 29.4. The molecule has 3 aliphatic carbocycles. The zero-order valence-corrected chi connectivity index (χ0v) is 15.7. The second-order valence-electron chi connectivity index (χ2n) is 9.25. The van der Waals surface area contributed by atoms with Crippen molar-refractivity contribution in [3.05, 3.63) is 0 Å². The number of rotatable bonds is 4. The van der Waals surface area contributed by atoms with Gasteiger partial charge in [0, 0.05) is 0 Å². The van der Waals surface area contributed by atoms with Crippen LogP contribution >= 0.6 is 0 Å². The maximum absolute atomic E-state index is 1.59. The third kappa shape index (κ3) is 5.79. The van der Waals surface area contributed by atoms with Gasteiger partial charge in [0.2, 0.25) is 0 Å². The molecule has 0 amide bonds. The minimum Gasteiger partial charge on any atom is -0.0533 e. The van der Waals surface area contributed by atoms with Crippen molar-refractivity contribution in [2.75, 3.05) is 0 Å². The summed E-state index contributed by atoms with van der Waals surface area (Å²) in [4.78, 5) is 0. The average molecular weight is 319 g/mol. The van der Waals surface area contributed by atoms with Crippen molar-refractivity contribution < 1.29 is 0 Å². The molecule has 0 N–H and O–H groups in total. The Labute approximate surface area is 146 Å². The molecule has 3 aliphatic rings. The highest BCUT2D eigenvalue weighted by Gasteiger charge is 2.30. The molecule has 0 bridgehead atoms. The van der Waals surface area contributed by atoms with Crippen molar-refractivity contribution in [2.24, 2.45) is 23.7 Å². The standard InChI is InChI=1S/C23H42/c1-2-8-16-22(19-18-20-12-6-4-7-13-20)23(17-11-3-1)21-14-9-5-10-15-21/h20-23H,1-19H2. The Bertz CT molecular complexity index is 295. The van der Waals surface area contributed by atoms with Crippen LogP contribution in [0.1, 0.15) is 122 Å². The van der Waals surface area contributed by atoms with Crippen LogP contribution in [0.15, 0.2) is 0 Å². The molecule has 0 aromatic rings. The Morgan fingerprint density at radius 3 is 1.70 bits per heavy atom. The quantitative estimate of drug-likeness (QED) is 0.494. The SMILES string of the molecule is C1CCCC(CCC2CCCCC2)C(C2CCCCC2)CCC1. The van der Waals surface area contributed by atoms with Gasteiger partial charge in [0.05, 0.1) is 0 Å². The van der Waals surface area contributed by atoms with Gasteiger partial charge in [-0.05, 0) is 36.5 Å². The van der Waals surface area contributed by atoms with Crippen LogP contribution in [0.4, 0.5) is 0 Å². The maximum atomic E-state index is 1.59. The Hall–Kier alpha value is 0. The second kappa shape index (κ2) is 10.1. The van der Waals surface area contributed by atoms with E-state index in [4.69, 9.17) is 0 Å². The van der Waals surface area contributed by atoms with E-state index in [-0.39, 0.29) is 0 Å². The minimum atomic E-state index is 1.10. The van der Waals surface area contributed by atoms with Crippen LogP contribution in [0.3, 0.4) is 0 Å². The monoisotopic (exact) mass is 318 g/mol. The molecule has 0 radical (unpaired) electrons. The van der Waals surface area contributed by atoms with E-state index in [1.54, 1.807) is 64.2 Å². The van der Waals surface area contributed by atoms with Crippen LogP contribution in [0.2, 0.25) is 0 Å². The smallest absolute Gasteiger partial charge is 0.0357 e. The summed E-state index contributed by atoms with van der Waals surface area (Å²) in [6, 6.07) is 0. The summed E-state index contributed by atoms with van der Waals surface area (Å²) in [5, 5.41) is 0.